The normalized spacial score (nSPS) is 23.7. The van der Waals surface area contributed by atoms with Crippen LogP contribution in [0.1, 0.15) is 24.0 Å². The lowest BCUT2D eigenvalue weighted by atomic mass is 9.98. The summed E-state index contributed by atoms with van der Waals surface area (Å²) in [6.45, 7) is 4.17. The topological polar surface area (TPSA) is 53.5 Å². The molecule has 2 aliphatic heterocycles. The fourth-order valence-electron chi connectivity index (χ4n) is 3.92. The van der Waals surface area contributed by atoms with Crippen LogP contribution in [0.25, 0.3) is 0 Å². The highest BCUT2D eigenvalue weighted by atomic mass is 16.5. The zero-order valence-corrected chi connectivity index (χ0v) is 14.3. The Hall–Kier alpha value is -1.30. The molecule has 1 N–H and O–H groups in total. The second kappa shape index (κ2) is 7.07. The van der Waals surface area contributed by atoms with Crippen molar-refractivity contribution in [2.45, 2.75) is 25.7 Å². The number of benzene rings is 1. The molecule has 128 valence electrons. The van der Waals surface area contributed by atoms with Gasteiger partial charge in [-0.3, -0.25) is 0 Å². The SMILES string of the molecule is COc1cc2c(cc1OC)CC[N+]([O-])(CC1CCCNC1)CC2. The van der Waals surface area contributed by atoms with E-state index in [1.165, 1.54) is 24.0 Å². The van der Waals surface area contributed by atoms with Crippen molar-refractivity contribution in [3.8, 4) is 11.5 Å². The van der Waals surface area contributed by atoms with Crippen LogP contribution in [0.5, 0.6) is 11.5 Å². The number of rotatable bonds is 4. The number of nitrogens with zero attached hydrogens (tertiary/aromatic N) is 1. The van der Waals surface area contributed by atoms with Crippen LogP contribution in [-0.2, 0) is 12.8 Å². The Morgan fingerprint density at radius 2 is 1.74 bits per heavy atom. The summed E-state index contributed by atoms with van der Waals surface area (Å²) in [6.07, 6.45) is 4.02. The van der Waals surface area contributed by atoms with Crippen molar-refractivity contribution in [3.63, 3.8) is 0 Å². The average molecular weight is 320 g/mol. The van der Waals surface area contributed by atoms with Gasteiger partial charge < -0.3 is 24.6 Å². The zero-order chi connectivity index (χ0) is 16.3. The minimum atomic E-state index is -0.0638. The molecule has 2 heterocycles. The Bertz CT molecular complexity index is 506. The van der Waals surface area contributed by atoms with Gasteiger partial charge in [-0.1, -0.05) is 0 Å². The quantitative estimate of drug-likeness (QED) is 0.682. The third-order valence-electron chi connectivity index (χ3n) is 5.27. The highest BCUT2D eigenvalue weighted by molar-refractivity contribution is 5.47. The molecule has 0 aromatic heterocycles. The molecule has 1 atom stereocenters. The van der Waals surface area contributed by atoms with Crippen molar-refractivity contribution in [2.75, 3.05) is 46.9 Å². The van der Waals surface area contributed by atoms with Crippen molar-refractivity contribution >= 4 is 0 Å². The van der Waals surface area contributed by atoms with Gasteiger partial charge in [0.15, 0.2) is 11.5 Å². The summed E-state index contributed by atoms with van der Waals surface area (Å²) in [7, 11) is 3.32. The van der Waals surface area contributed by atoms with Gasteiger partial charge >= 0.3 is 0 Å². The minimum absolute atomic E-state index is 0.0638. The monoisotopic (exact) mass is 320 g/mol. The molecular formula is C18H28N2O3. The van der Waals surface area contributed by atoms with Gasteiger partial charge in [-0.15, -0.1) is 0 Å². The van der Waals surface area contributed by atoms with Crippen LogP contribution < -0.4 is 14.8 Å². The first-order chi connectivity index (χ1) is 11.1. The van der Waals surface area contributed by atoms with Crippen LogP contribution in [-0.4, -0.2) is 51.6 Å². The van der Waals surface area contributed by atoms with E-state index in [1.807, 2.05) is 12.1 Å². The maximum Gasteiger partial charge on any atom is 0.161 e. The van der Waals surface area contributed by atoms with Crippen LogP contribution in [0.15, 0.2) is 12.1 Å². The average Bonchev–Trinajstić information content (AvgIpc) is 2.74. The largest absolute Gasteiger partial charge is 0.633 e. The maximum absolute atomic E-state index is 13.2. The molecule has 0 radical (unpaired) electrons. The summed E-state index contributed by atoms with van der Waals surface area (Å²) in [5.41, 5.74) is 2.47. The van der Waals surface area contributed by atoms with Crippen molar-refractivity contribution in [1.29, 1.82) is 0 Å². The van der Waals surface area contributed by atoms with Crippen LogP contribution in [0, 0.1) is 11.1 Å². The second-order valence-corrected chi connectivity index (χ2v) is 6.88. The molecule has 0 amide bonds. The van der Waals surface area contributed by atoms with Crippen LogP contribution in [0.3, 0.4) is 0 Å². The molecule has 23 heavy (non-hydrogen) atoms. The highest BCUT2D eigenvalue weighted by Crippen LogP contribution is 2.33. The molecule has 1 unspecified atom stereocenters. The van der Waals surface area contributed by atoms with Gasteiger partial charge in [0.2, 0.25) is 0 Å². The van der Waals surface area contributed by atoms with Crippen LogP contribution >= 0.6 is 0 Å². The van der Waals surface area contributed by atoms with E-state index in [-0.39, 0.29) is 4.65 Å². The van der Waals surface area contributed by atoms with E-state index >= 15 is 0 Å². The standard InChI is InChI=1S/C18H28N2O3/c1-22-17-10-15-5-8-20(21,13-14-4-3-7-19-12-14)9-6-16(15)11-18(17)23-2/h10-11,14,19H,3-9,12-13H2,1-2H3. The van der Waals surface area contributed by atoms with Gasteiger partial charge in [-0.25, -0.2) is 0 Å². The molecule has 1 aromatic carbocycles. The Labute approximate surface area is 138 Å². The van der Waals surface area contributed by atoms with Crippen molar-refractivity contribution in [3.05, 3.63) is 28.5 Å². The lowest BCUT2D eigenvalue weighted by molar-refractivity contribution is -0.883. The van der Waals surface area contributed by atoms with Gasteiger partial charge in [0.05, 0.1) is 33.9 Å². The molecule has 0 aliphatic carbocycles. The first-order valence-electron chi connectivity index (χ1n) is 8.65. The molecule has 0 spiro atoms. The third-order valence-corrected chi connectivity index (χ3v) is 5.27. The summed E-state index contributed by atoms with van der Waals surface area (Å²) in [6, 6.07) is 4.10. The number of nitrogens with one attached hydrogen (secondary N) is 1. The first kappa shape index (κ1) is 16.6. The zero-order valence-electron chi connectivity index (χ0n) is 14.3. The number of hydrogen-bond acceptors (Lipinski definition) is 4. The number of ether oxygens (including phenoxy) is 2. The lowest BCUT2D eigenvalue weighted by Gasteiger charge is -2.45. The van der Waals surface area contributed by atoms with Crippen LogP contribution in [0.4, 0.5) is 0 Å². The number of fused-ring (bicyclic) bond motifs is 1. The molecule has 2 aliphatic rings. The summed E-state index contributed by atoms with van der Waals surface area (Å²) in [5, 5.41) is 16.7. The van der Waals surface area contributed by atoms with E-state index < -0.39 is 0 Å². The summed E-state index contributed by atoms with van der Waals surface area (Å²) in [5.74, 6) is 2.04. The Balaban J connectivity index is 1.73. The smallest absolute Gasteiger partial charge is 0.161 e. The van der Waals surface area contributed by atoms with E-state index in [0.29, 0.717) is 19.0 Å². The fraction of sp³-hybridized carbons (Fsp3) is 0.667. The third kappa shape index (κ3) is 3.79. The fourth-order valence-corrected chi connectivity index (χ4v) is 3.92. The van der Waals surface area contributed by atoms with E-state index in [9.17, 15) is 5.21 Å². The van der Waals surface area contributed by atoms with Gasteiger partial charge in [-0.05, 0) is 42.6 Å². The lowest BCUT2D eigenvalue weighted by Crippen LogP contribution is -2.50. The second-order valence-electron chi connectivity index (χ2n) is 6.88. The molecule has 1 fully saturated rings. The minimum Gasteiger partial charge on any atom is -0.633 e. The van der Waals surface area contributed by atoms with Crippen LogP contribution in [0.2, 0.25) is 0 Å². The molecule has 3 rings (SSSR count). The number of hydroxylamine groups is 3. The molecular weight excluding hydrogens is 292 g/mol. The predicted octanol–water partition coefficient (Wildman–Crippen LogP) is 2.12. The summed E-state index contributed by atoms with van der Waals surface area (Å²) < 4.78 is 10.7. The Morgan fingerprint density at radius 3 is 2.22 bits per heavy atom. The maximum atomic E-state index is 13.2. The highest BCUT2D eigenvalue weighted by Gasteiger charge is 2.27. The van der Waals surface area contributed by atoms with E-state index in [4.69, 9.17) is 9.47 Å². The number of hydrogen-bond donors (Lipinski definition) is 1. The first-order valence-corrected chi connectivity index (χ1v) is 8.65. The van der Waals surface area contributed by atoms with Gasteiger partial charge in [0, 0.05) is 25.3 Å². The molecule has 0 bridgehead atoms. The van der Waals surface area contributed by atoms with Gasteiger partial charge in [0.25, 0.3) is 0 Å². The molecule has 0 saturated carbocycles. The van der Waals surface area contributed by atoms with E-state index in [1.54, 1.807) is 14.2 Å². The molecule has 5 nitrogen and oxygen atoms in total. The molecule has 5 heteroatoms. The predicted molar refractivity (Wildman–Crippen MR) is 90.8 cm³/mol. The number of quaternary nitrogens is 1. The Morgan fingerprint density at radius 1 is 1.13 bits per heavy atom. The van der Waals surface area contributed by atoms with E-state index in [0.717, 1.165) is 44.0 Å². The Kier molecular flexibility index (Phi) is 5.09. The molecule has 1 aromatic rings. The van der Waals surface area contributed by atoms with Gasteiger partial charge in [-0.2, -0.15) is 0 Å². The summed E-state index contributed by atoms with van der Waals surface area (Å²) in [4.78, 5) is 0. The van der Waals surface area contributed by atoms with Gasteiger partial charge in [0.1, 0.15) is 0 Å². The van der Waals surface area contributed by atoms with E-state index in [2.05, 4.69) is 5.32 Å². The van der Waals surface area contributed by atoms with Crippen molar-refractivity contribution in [2.24, 2.45) is 5.92 Å². The number of methoxy groups -OCH3 is 2. The summed E-state index contributed by atoms with van der Waals surface area (Å²) >= 11 is 0. The van der Waals surface area contributed by atoms with Crippen molar-refractivity contribution in [1.82, 2.24) is 5.32 Å². The van der Waals surface area contributed by atoms with Crippen molar-refractivity contribution < 1.29 is 14.1 Å². The molecule has 1 saturated heterocycles. The number of piperidine rings is 1.